The van der Waals surface area contributed by atoms with Gasteiger partial charge in [0.25, 0.3) is 0 Å². The van der Waals surface area contributed by atoms with Crippen molar-refractivity contribution < 1.29 is 4.79 Å². The summed E-state index contributed by atoms with van der Waals surface area (Å²) < 4.78 is 0. The van der Waals surface area contributed by atoms with Gasteiger partial charge in [-0.15, -0.1) is 0 Å². The maximum atomic E-state index is 11.6. The molecule has 0 saturated carbocycles. The van der Waals surface area contributed by atoms with E-state index in [1.807, 2.05) is 19.1 Å². The number of hydrogen-bond donors (Lipinski definition) is 2. The van der Waals surface area contributed by atoms with Crippen LogP contribution in [0.1, 0.15) is 38.8 Å². The number of H-pyrrole nitrogens is 1. The normalized spacial score (nSPS) is 12.8. The van der Waals surface area contributed by atoms with Crippen molar-refractivity contribution in [3.05, 3.63) is 24.3 Å². The SMILES string of the molecule is CCCC[C@H](C)C(=O)NC/C=C/c1cnc[nH]1. The van der Waals surface area contributed by atoms with E-state index in [2.05, 4.69) is 22.2 Å². The van der Waals surface area contributed by atoms with E-state index in [0.717, 1.165) is 25.0 Å². The summed E-state index contributed by atoms with van der Waals surface area (Å²) in [7, 11) is 0. The summed E-state index contributed by atoms with van der Waals surface area (Å²) in [5.41, 5.74) is 0.943. The fraction of sp³-hybridized carbons (Fsp3) is 0.538. The Morgan fingerprint density at radius 2 is 2.47 bits per heavy atom. The van der Waals surface area contributed by atoms with Gasteiger partial charge in [-0.25, -0.2) is 4.98 Å². The van der Waals surface area contributed by atoms with E-state index in [9.17, 15) is 4.79 Å². The monoisotopic (exact) mass is 235 g/mol. The minimum Gasteiger partial charge on any atom is -0.352 e. The summed E-state index contributed by atoms with van der Waals surface area (Å²) in [6.45, 7) is 4.68. The van der Waals surface area contributed by atoms with Gasteiger partial charge in [0.2, 0.25) is 5.91 Å². The molecule has 0 aliphatic rings. The molecule has 4 nitrogen and oxygen atoms in total. The molecule has 0 unspecified atom stereocenters. The molecule has 1 heterocycles. The standard InChI is InChI=1S/C13H21N3O/c1-3-4-6-11(2)13(17)15-8-5-7-12-9-14-10-16-12/h5,7,9-11H,3-4,6,8H2,1-2H3,(H,14,16)(H,15,17)/b7-5+/t11-/m0/s1. The van der Waals surface area contributed by atoms with Crippen molar-refractivity contribution in [2.45, 2.75) is 33.1 Å². The molecule has 0 saturated heterocycles. The van der Waals surface area contributed by atoms with E-state index >= 15 is 0 Å². The van der Waals surface area contributed by atoms with Gasteiger partial charge in [-0.1, -0.05) is 32.8 Å². The number of hydrogen-bond acceptors (Lipinski definition) is 2. The Bertz CT molecular complexity index is 344. The molecular weight excluding hydrogens is 214 g/mol. The second kappa shape index (κ2) is 7.65. The van der Waals surface area contributed by atoms with Crippen LogP contribution in [-0.2, 0) is 4.79 Å². The van der Waals surface area contributed by atoms with E-state index in [-0.39, 0.29) is 11.8 Å². The lowest BCUT2D eigenvalue weighted by Crippen LogP contribution is -2.29. The third-order valence-corrected chi connectivity index (χ3v) is 2.65. The average Bonchev–Trinajstić information content (AvgIpc) is 2.84. The van der Waals surface area contributed by atoms with Crippen LogP contribution >= 0.6 is 0 Å². The first kappa shape index (κ1) is 13.5. The van der Waals surface area contributed by atoms with Crippen LogP contribution in [0.4, 0.5) is 0 Å². The molecule has 0 fully saturated rings. The lowest BCUT2D eigenvalue weighted by Gasteiger charge is -2.09. The van der Waals surface area contributed by atoms with Gasteiger partial charge in [0, 0.05) is 12.5 Å². The molecule has 0 bridgehead atoms. The molecule has 1 aromatic heterocycles. The van der Waals surface area contributed by atoms with E-state index in [1.165, 1.54) is 0 Å². The molecule has 0 spiro atoms. The quantitative estimate of drug-likeness (QED) is 0.762. The highest BCUT2D eigenvalue weighted by Gasteiger charge is 2.10. The molecule has 1 amide bonds. The Morgan fingerprint density at radius 1 is 1.65 bits per heavy atom. The largest absolute Gasteiger partial charge is 0.352 e. The van der Waals surface area contributed by atoms with Crippen LogP contribution in [0.5, 0.6) is 0 Å². The topological polar surface area (TPSA) is 57.8 Å². The first-order valence-electron chi connectivity index (χ1n) is 6.16. The maximum Gasteiger partial charge on any atom is 0.223 e. The molecule has 0 aromatic carbocycles. The Balaban J connectivity index is 2.19. The molecule has 1 aromatic rings. The lowest BCUT2D eigenvalue weighted by molar-refractivity contribution is -0.124. The fourth-order valence-corrected chi connectivity index (χ4v) is 1.52. The Labute approximate surface area is 103 Å². The highest BCUT2D eigenvalue weighted by molar-refractivity contribution is 5.78. The van der Waals surface area contributed by atoms with Gasteiger partial charge >= 0.3 is 0 Å². The van der Waals surface area contributed by atoms with E-state index in [0.29, 0.717) is 6.54 Å². The van der Waals surface area contributed by atoms with Gasteiger partial charge in [-0.2, -0.15) is 0 Å². The van der Waals surface area contributed by atoms with Gasteiger partial charge in [-0.3, -0.25) is 4.79 Å². The van der Waals surface area contributed by atoms with Crippen LogP contribution < -0.4 is 5.32 Å². The third kappa shape index (κ3) is 5.33. The first-order valence-corrected chi connectivity index (χ1v) is 6.16. The number of unbranched alkanes of at least 4 members (excludes halogenated alkanes) is 1. The van der Waals surface area contributed by atoms with Gasteiger partial charge in [0.15, 0.2) is 0 Å². The van der Waals surface area contributed by atoms with Crippen LogP contribution in [0.25, 0.3) is 6.08 Å². The van der Waals surface area contributed by atoms with Crippen LogP contribution in [0.15, 0.2) is 18.6 Å². The Morgan fingerprint density at radius 3 is 3.12 bits per heavy atom. The smallest absolute Gasteiger partial charge is 0.223 e. The summed E-state index contributed by atoms with van der Waals surface area (Å²) in [6, 6.07) is 0. The number of carbonyl (C=O) groups excluding carboxylic acids is 1. The number of aromatic amines is 1. The number of nitrogens with one attached hydrogen (secondary N) is 2. The minimum atomic E-state index is 0.107. The van der Waals surface area contributed by atoms with Gasteiger partial charge < -0.3 is 10.3 Å². The molecule has 0 aliphatic heterocycles. The second-order valence-corrected chi connectivity index (χ2v) is 4.20. The van der Waals surface area contributed by atoms with Crippen molar-refractivity contribution in [2.75, 3.05) is 6.54 Å². The predicted molar refractivity (Wildman–Crippen MR) is 69.3 cm³/mol. The van der Waals surface area contributed by atoms with E-state index in [4.69, 9.17) is 0 Å². The third-order valence-electron chi connectivity index (χ3n) is 2.65. The van der Waals surface area contributed by atoms with Crippen LogP contribution in [0.2, 0.25) is 0 Å². The molecule has 1 rings (SSSR count). The van der Waals surface area contributed by atoms with Crippen molar-refractivity contribution >= 4 is 12.0 Å². The predicted octanol–water partition coefficient (Wildman–Crippen LogP) is 2.37. The van der Waals surface area contributed by atoms with Crippen LogP contribution in [0, 0.1) is 5.92 Å². The summed E-state index contributed by atoms with van der Waals surface area (Å²) in [6.07, 6.45) is 10.4. The average molecular weight is 235 g/mol. The van der Waals surface area contributed by atoms with Crippen molar-refractivity contribution in [2.24, 2.45) is 5.92 Å². The molecule has 0 aliphatic carbocycles. The molecular formula is C13H21N3O. The molecule has 0 radical (unpaired) electrons. The Hall–Kier alpha value is -1.58. The summed E-state index contributed by atoms with van der Waals surface area (Å²) in [5, 5.41) is 2.89. The fourth-order valence-electron chi connectivity index (χ4n) is 1.52. The summed E-state index contributed by atoms with van der Waals surface area (Å²) >= 11 is 0. The number of nitrogens with zero attached hydrogens (tertiary/aromatic N) is 1. The number of imidazole rings is 1. The Kier molecular flexibility index (Phi) is 6.07. The number of rotatable bonds is 7. The van der Waals surface area contributed by atoms with Gasteiger partial charge in [0.05, 0.1) is 18.2 Å². The molecule has 4 heteroatoms. The van der Waals surface area contributed by atoms with Crippen molar-refractivity contribution in [3.63, 3.8) is 0 Å². The number of aromatic nitrogens is 2. The van der Waals surface area contributed by atoms with Crippen LogP contribution in [0.3, 0.4) is 0 Å². The number of carbonyl (C=O) groups is 1. The molecule has 94 valence electrons. The van der Waals surface area contributed by atoms with Crippen molar-refractivity contribution in [1.29, 1.82) is 0 Å². The maximum absolute atomic E-state index is 11.6. The van der Waals surface area contributed by atoms with Crippen molar-refractivity contribution in [3.8, 4) is 0 Å². The first-order chi connectivity index (χ1) is 8.24. The highest BCUT2D eigenvalue weighted by atomic mass is 16.1. The van der Waals surface area contributed by atoms with Crippen molar-refractivity contribution in [1.82, 2.24) is 15.3 Å². The highest BCUT2D eigenvalue weighted by Crippen LogP contribution is 2.07. The zero-order valence-corrected chi connectivity index (χ0v) is 10.6. The summed E-state index contributed by atoms with van der Waals surface area (Å²) in [4.78, 5) is 18.5. The van der Waals surface area contributed by atoms with E-state index < -0.39 is 0 Å². The van der Waals surface area contributed by atoms with E-state index in [1.54, 1.807) is 12.5 Å². The van der Waals surface area contributed by atoms with Crippen LogP contribution in [-0.4, -0.2) is 22.4 Å². The second-order valence-electron chi connectivity index (χ2n) is 4.20. The van der Waals surface area contributed by atoms with Gasteiger partial charge in [0.1, 0.15) is 0 Å². The molecule has 2 N–H and O–H groups in total. The zero-order chi connectivity index (χ0) is 12.5. The molecule has 1 atom stereocenters. The summed E-state index contributed by atoms with van der Waals surface area (Å²) in [5.74, 6) is 0.239. The molecule has 17 heavy (non-hydrogen) atoms. The zero-order valence-electron chi connectivity index (χ0n) is 10.6. The van der Waals surface area contributed by atoms with Gasteiger partial charge in [-0.05, 0) is 12.5 Å². The number of amides is 1. The minimum absolute atomic E-state index is 0.107. The lowest BCUT2D eigenvalue weighted by atomic mass is 10.0.